The number of nitrogens with one attached hydrogen (secondary N) is 1. The Morgan fingerprint density at radius 1 is 1.30 bits per heavy atom. The maximum Gasteiger partial charge on any atom is 0.176 e. The van der Waals surface area contributed by atoms with Crippen molar-refractivity contribution in [3.63, 3.8) is 0 Å². The summed E-state index contributed by atoms with van der Waals surface area (Å²) in [5, 5.41) is 7.95. The summed E-state index contributed by atoms with van der Waals surface area (Å²) in [4.78, 5) is 4.46. The Hall–Kier alpha value is -1.84. The third kappa shape index (κ3) is 2.84. The smallest absolute Gasteiger partial charge is 0.176 e. The van der Waals surface area contributed by atoms with Gasteiger partial charge in [-0.05, 0) is 42.9 Å². The van der Waals surface area contributed by atoms with Crippen molar-refractivity contribution < 1.29 is 0 Å². The quantitative estimate of drug-likeness (QED) is 0.925. The Balaban J connectivity index is 1.81. The SMILES string of the molecule is CC1(C)CCCC(Nc2cccnc2-n2cccn2)C1. The minimum Gasteiger partial charge on any atom is -0.379 e. The van der Waals surface area contributed by atoms with Crippen LogP contribution < -0.4 is 5.32 Å². The lowest BCUT2D eigenvalue weighted by atomic mass is 9.75. The molecule has 0 bridgehead atoms. The molecule has 1 aliphatic rings. The molecule has 0 saturated heterocycles. The summed E-state index contributed by atoms with van der Waals surface area (Å²) in [5.41, 5.74) is 1.50. The van der Waals surface area contributed by atoms with Crippen LogP contribution in [-0.4, -0.2) is 20.8 Å². The normalized spacial score (nSPS) is 21.6. The molecule has 0 aliphatic heterocycles. The molecular formula is C16H22N4. The van der Waals surface area contributed by atoms with Gasteiger partial charge in [0.15, 0.2) is 5.82 Å². The highest BCUT2D eigenvalue weighted by atomic mass is 15.3. The zero-order chi connectivity index (χ0) is 14.0. The molecule has 1 N–H and O–H groups in total. The highest BCUT2D eigenvalue weighted by Crippen LogP contribution is 2.36. The van der Waals surface area contributed by atoms with Gasteiger partial charge in [0.2, 0.25) is 0 Å². The highest BCUT2D eigenvalue weighted by molar-refractivity contribution is 5.56. The molecule has 4 nitrogen and oxygen atoms in total. The van der Waals surface area contributed by atoms with Crippen molar-refractivity contribution in [2.75, 3.05) is 5.32 Å². The van der Waals surface area contributed by atoms with E-state index in [2.05, 4.69) is 35.3 Å². The number of pyridine rings is 1. The summed E-state index contributed by atoms with van der Waals surface area (Å²) < 4.78 is 1.82. The van der Waals surface area contributed by atoms with Gasteiger partial charge in [-0.1, -0.05) is 20.3 Å². The molecule has 2 aromatic heterocycles. The van der Waals surface area contributed by atoms with Crippen molar-refractivity contribution in [3.8, 4) is 5.82 Å². The molecular weight excluding hydrogens is 248 g/mol. The van der Waals surface area contributed by atoms with E-state index in [1.165, 1.54) is 25.7 Å². The molecule has 1 unspecified atom stereocenters. The summed E-state index contributed by atoms with van der Waals surface area (Å²) >= 11 is 0. The third-order valence-electron chi connectivity index (χ3n) is 4.07. The number of hydrogen-bond acceptors (Lipinski definition) is 3. The van der Waals surface area contributed by atoms with Crippen LogP contribution in [0.15, 0.2) is 36.8 Å². The Labute approximate surface area is 120 Å². The number of hydrogen-bond donors (Lipinski definition) is 1. The van der Waals surface area contributed by atoms with Crippen LogP contribution in [0.5, 0.6) is 0 Å². The van der Waals surface area contributed by atoms with Crippen LogP contribution in [0.3, 0.4) is 0 Å². The summed E-state index contributed by atoms with van der Waals surface area (Å²) in [6, 6.07) is 6.51. The van der Waals surface area contributed by atoms with Crippen LogP contribution in [0, 0.1) is 5.41 Å². The molecule has 0 amide bonds. The van der Waals surface area contributed by atoms with E-state index in [1.54, 1.807) is 6.20 Å². The summed E-state index contributed by atoms with van der Waals surface area (Å²) in [5.74, 6) is 0.876. The Bertz CT molecular complexity index is 560. The van der Waals surface area contributed by atoms with Crippen molar-refractivity contribution in [2.45, 2.75) is 45.6 Å². The second-order valence-corrected chi connectivity index (χ2v) is 6.43. The maximum absolute atomic E-state index is 4.46. The van der Waals surface area contributed by atoms with Crippen molar-refractivity contribution in [2.24, 2.45) is 5.41 Å². The van der Waals surface area contributed by atoms with Gasteiger partial charge < -0.3 is 5.32 Å². The van der Waals surface area contributed by atoms with Crippen LogP contribution in [0.4, 0.5) is 5.69 Å². The van der Waals surface area contributed by atoms with Crippen LogP contribution in [-0.2, 0) is 0 Å². The number of aromatic nitrogens is 3. The van der Waals surface area contributed by atoms with Gasteiger partial charge in [0.1, 0.15) is 0 Å². The molecule has 2 heterocycles. The van der Waals surface area contributed by atoms with Crippen molar-refractivity contribution in [1.29, 1.82) is 0 Å². The van der Waals surface area contributed by atoms with Gasteiger partial charge in [0, 0.05) is 24.6 Å². The standard InChI is InChI=1S/C16H22N4/c1-16(2)8-3-6-13(12-16)19-14-7-4-9-17-15(14)20-11-5-10-18-20/h4-5,7,9-11,13,19H,3,6,8,12H2,1-2H3. The molecule has 3 rings (SSSR count). The zero-order valence-electron chi connectivity index (χ0n) is 12.2. The summed E-state index contributed by atoms with van der Waals surface area (Å²) in [6.45, 7) is 4.72. The Morgan fingerprint density at radius 3 is 2.95 bits per heavy atom. The molecule has 4 heteroatoms. The van der Waals surface area contributed by atoms with Crippen LogP contribution in [0.1, 0.15) is 39.5 Å². The number of nitrogens with zero attached hydrogens (tertiary/aromatic N) is 3. The monoisotopic (exact) mass is 270 g/mol. The lowest BCUT2D eigenvalue weighted by Gasteiger charge is -2.36. The molecule has 0 radical (unpaired) electrons. The lowest BCUT2D eigenvalue weighted by Crippen LogP contribution is -2.32. The highest BCUT2D eigenvalue weighted by Gasteiger charge is 2.28. The van der Waals surface area contributed by atoms with Gasteiger partial charge in [-0.3, -0.25) is 0 Å². The number of rotatable bonds is 3. The average molecular weight is 270 g/mol. The summed E-state index contributed by atoms with van der Waals surface area (Å²) in [7, 11) is 0. The first-order valence-electron chi connectivity index (χ1n) is 7.36. The fraction of sp³-hybridized carbons (Fsp3) is 0.500. The molecule has 1 atom stereocenters. The van der Waals surface area contributed by atoms with E-state index in [0.29, 0.717) is 11.5 Å². The molecule has 106 valence electrons. The van der Waals surface area contributed by atoms with E-state index in [0.717, 1.165) is 11.5 Å². The van der Waals surface area contributed by atoms with Crippen molar-refractivity contribution >= 4 is 5.69 Å². The maximum atomic E-state index is 4.46. The van der Waals surface area contributed by atoms with Crippen molar-refractivity contribution in [1.82, 2.24) is 14.8 Å². The largest absolute Gasteiger partial charge is 0.379 e. The second kappa shape index (κ2) is 5.27. The lowest BCUT2D eigenvalue weighted by molar-refractivity contribution is 0.229. The molecule has 20 heavy (non-hydrogen) atoms. The van der Waals surface area contributed by atoms with Crippen LogP contribution in [0.2, 0.25) is 0 Å². The molecule has 1 fully saturated rings. The second-order valence-electron chi connectivity index (χ2n) is 6.43. The average Bonchev–Trinajstić information content (AvgIpc) is 2.92. The van der Waals surface area contributed by atoms with E-state index in [4.69, 9.17) is 0 Å². The van der Waals surface area contributed by atoms with Gasteiger partial charge in [0.25, 0.3) is 0 Å². The van der Waals surface area contributed by atoms with Gasteiger partial charge in [0.05, 0.1) is 5.69 Å². The van der Waals surface area contributed by atoms with E-state index >= 15 is 0 Å². The van der Waals surface area contributed by atoms with Gasteiger partial charge in [-0.25, -0.2) is 9.67 Å². The van der Waals surface area contributed by atoms with Gasteiger partial charge >= 0.3 is 0 Å². The minimum atomic E-state index is 0.435. The first kappa shape index (κ1) is 13.2. The summed E-state index contributed by atoms with van der Waals surface area (Å²) in [6.07, 6.45) is 10.6. The van der Waals surface area contributed by atoms with Gasteiger partial charge in [-0.15, -0.1) is 0 Å². The topological polar surface area (TPSA) is 42.7 Å². The molecule has 0 spiro atoms. The molecule has 1 aliphatic carbocycles. The van der Waals surface area contributed by atoms with Gasteiger partial charge in [-0.2, -0.15) is 5.10 Å². The zero-order valence-corrected chi connectivity index (χ0v) is 12.2. The fourth-order valence-electron chi connectivity index (χ4n) is 3.13. The van der Waals surface area contributed by atoms with E-state index in [-0.39, 0.29) is 0 Å². The molecule has 0 aromatic carbocycles. The third-order valence-corrected chi connectivity index (χ3v) is 4.07. The Kier molecular flexibility index (Phi) is 3.47. The predicted octanol–water partition coefficient (Wildman–Crippen LogP) is 3.65. The first-order valence-corrected chi connectivity index (χ1v) is 7.36. The minimum absolute atomic E-state index is 0.435. The predicted molar refractivity (Wildman–Crippen MR) is 81.0 cm³/mol. The first-order chi connectivity index (χ1) is 9.64. The van der Waals surface area contributed by atoms with E-state index < -0.39 is 0 Å². The van der Waals surface area contributed by atoms with Crippen LogP contribution in [0.25, 0.3) is 5.82 Å². The van der Waals surface area contributed by atoms with Crippen molar-refractivity contribution in [3.05, 3.63) is 36.8 Å². The van der Waals surface area contributed by atoms with Crippen LogP contribution >= 0.6 is 0 Å². The van der Waals surface area contributed by atoms with E-state index in [9.17, 15) is 0 Å². The van der Waals surface area contributed by atoms with E-state index in [1.807, 2.05) is 29.2 Å². The number of anilines is 1. The molecule has 2 aromatic rings. The fourth-order valence-corrected chi connectivity index (χ4v) is 3.13. The Morgan fingerprint density at radius 2 is 2.20 bits per heavy atom. The molecule has 1 saturated carbocycles.